The lowest BCUT2D eigenvalue weighted by molar-refractivity contribution is -0.0456. The molecule has 0 bridgehead atoms. The van der Waals surface area contributed by atoms with E-state index in [2.05, 4.69) is 0 Å². The minimum atomic E-state index is -1.37. The molecule has 1 unspecified atom stereocenters. The van der Waals surface area contributed by atoms with Crippen LogP contribution < -0.4 is 0 Å². The first-order valence-corrected chi connectivity index (χ1v) is 4.85. The Morgan fingerprint density at radius 2 is 2.00 bits per heavy atom. The fourth-order valence-electron chi connectivity index (χ4n) is 1.72. The Kier molecular flexibility index (Phi) is 2.98. The number of rotatable bonds is 2. The summed E-state index contributed by atoms with van der Waals surface area (Å²) in [5.74, 6) is -0.554. The molecule has 0 amide bonds. The van der Waals surface area contributed by atoms with Gasteiger partial charge in [-0.3, -0.25) is 0 Å². The van der Waals surface area contributed by atoms with Crippen molar-refractivity contribution in [3.63, 3.8) is 0 Å². The third-order valence-electron chi connectivity index (χ3n) is 2.36. The Balaban J connectivity index is 2.40. The van der Waals surface area contributed by atoms with Crippen molar-refractivity contribution in [1.29, 1.82) is 0 Å². The van der Waals surface area contributed by atoms with Gasteiger partial charge < -0.3 is 9.47 Å². The summed E-state index contributed by atoms with van der Waals surface area (Å²) in [5, 5.41) is 0. The number of hydrogen-bond acceptors (Lipinski definition) is 2. The number of alkyl halides is 1. The molecule has 0 aliphatic carbocycles. The van der Waals surface area contributed by atoms with E-state index in [4.69, 9.17) is 9.47 Å². The number of hydrogen-bond donors (Lipinski definition) is 0. The van der Waals surface area contributed by atoms with Crippen LogP contribution in [0.1, 0.15) is 30.5 Å². The molecule has 0 spiro atoms. The highest BCUT2D eigenvalue weighted by atomic mass is 19.1. The van der Waals surface area contributed by atoms with E-state index in [0.717, 1.165) is 0 Å². The molecule has 0 N–H and O–H groups in total. The Labute approximate surface area is 86.8 Å². The minimum Gasteiger partial charge on any atom is -0.346 e. The molecule has 1 atom stereocenters. The van der Waals surface area contributed by atoms with Crippen LogP contribution in [0.15, 0.2) is 18.2 Å². The Morgan fingerprint density at radius 1 is 1.33 bits per heavy atom. The van der Waals surface area contributed by atoms with Gasteiger partial charge in [-0.1, -0.05) is 12.1 Å². The molecule has 1 heterocycles. The van der Waals surface area contributed by atoms with Crippen molar-refractivity contribution in [1.82, 2.24) is 0 Å². The molecule has 0 aromatic heterocycles. The normalized spacial score (nSPS) is 19.4. The summed E-state index contributed by atoms with van der Waals surface area (Å²) in [4.78, 5) is 0. The van der Waals surface area contributed by atoms with Crippen molar-refractivity contribution in [3.8, 4) is 0 Å². The third-order valence-corrected chi connectivity index (χ3v) is 2.36. The van der Waals surface area contributed by atoms with E-state index in [9.17, 15) is 8.78 Å². The zero-order valence-electron chi connectivity index (χ0n) is 8.37. The Morgan fingerprint density at radius 3 is 2.60 bits per heavy atom. The smallest absolute Gasteiger partial charge is 0.184 e. The van der Waals surface area contributed by atoms with Crippen LogP contribution in [0.3, 0.4) is 0 Å². The van der Waals surface area contributed by atoms with Gasteiger partial charge in [0, 0.05) is 11.1 Å². The summed E-state index contributed by atoms with van der Waals surface area (Å²) in [6.45, 7) is 2.22. The first-order valence-electron chi connectivity index (χ1n) is 4.85. The molecular formula is C11H12F2O2. The maximum Gasteiger partial charge on any atom is 0.184 e. The largest absolute Gasteiger partial charge is 0.346 e. The quantitative estimate of drug-likeness (QED) is 0.753. The second-order valence-corrected chi connectivity index (χ2v) is 3.43. The lowest BCUT2D eigenvalue weighted by Crippen LogP contribution is -2.06. The summed E-state index contributed by atoms with van der Waals surface area (Å²) in [5.41, 5.74) is 0.479. The zero-order chi connectivity index (χ0) is 10.8. The van der Waals surface area contributed by atoms with Crippen molar-refractivity contribution in [3.05, 3.63) is 35.1 Å². The van der Waals surface area contributed by atoms with Gasteiger partial charge in [0.1, 0.15) is 12.0 Å². The number of ether oxygens (including phenoxy) is 2. The topological polar surface area (TPSA) is 18.5 Å². The highest BCUT2D eigenvalue weighted by molar-refractivity contribution is 5.31. The summed E-state index contributed by atoms with van der Waals surface area (Å²) < 4.78 is 37.1. The predicted octanol–water partition coefficient (Wildman–Crippen LogP) is 2.90. The number of halogens is 2. The van der Waals surface area contributed by atoms with Crippen LogP contribution in [0.25, 0.3) is 0 Å². The van der Waals surface area contributed by atoms with Gasteiger partial charge in [0.15, 0.2) is 6.29 Å². The SMILES string of the molecule is CC(F)c1c(F)cccc1C1OCCO1. The van der Waals surface area contributed by atoms with Gasteiger partial charge in [-0.2, -0.15) is 0 Å². The molecule has 1 saturated heterocycles. The van der Waals surface area contributed by atoms with Crippen LogP contribution in [0.2, 0.25) is 0 Å². The minimum absolute atomic E-state index is 0.0319. The van der Waals surface area contributed by atoms with E-state index in [1.54, 1.807) is 6.07 Å². The van der Waals surface area contributed by atoms with Gasteiger partial charge in [0.05, 0.1) is 13.2 Å². The zero-order valence-corrected chi connectivity index (χ0v) is 8.37. The molecule has 15 heavy (non-hydrogen) atoms. The fourth-order valence-corrected chi connectivity index (χ4v) is 1.72. The van der Waals surface area contributed by atoms with E-state index in [0.29, 0.717) is 18.8 Å². The highest BCUT2D eigenvalue weighted by Gasteiger charge is 2.25. The van der Waals surface area contributed by atoms with Crippen LogP contribution in [0, 0.1) is 5.82 Å². The molecule has 0 radical (unpaired) electrons. The second kappa shape index (κ2) is 4.24. The molecule has 0 saturated carbocycles. The van der Waals surface area contributed by atoms with Crippen LogP contribution in [-0.4, -0.2) is 13.2 Å². The molecule has 1 aromatic rings. The van der Waals surface area contributed by atoms with Crippen LogP contribution >= 0.6 is 0 Å². The molecular weight excluding hydrogens is 202 g/mol. The second-order valence-electron chi connectivity index (χ2n) is 3.43. The molecule has 2 rings (SSSR count). The van der Waals surface area contributed by atoms with Gasteiger partial charge in [0.2, 0.25) is 0 Å². The van der Waals surface area contributed by atoms with Crippen molar-refractivity contribution in [2.45, 2.75) is 19.4 Å². The molecule has 1 aliphatic rings. The summed E-state index contributed by atoms with van der Waals surface area (Å²) in [6, 6.07) is 4.40. The van der Waals surface area contributed by atoms with Crippen molar-refractivity contribution >= 4 is 0 Å². The van der Waals surface area contributed by atoms with Crippen LogP contribution in [-0.2, 0) is 9.47 Å². The van der Waals surface area contributed by atoms with E-state index >= 15 is 0 Å². The first-order chi connectivity index (χ1) is 7.20. The molecule has 82 valence electrons. The predicted molar refractivity (Wildman–Crippen MR) is 50.6 cm³/mol. The summed E-state index contributed by atoms with van der Waals surface area (Å²) in [7, 11) is 0. The van der Waals surface area contributed by atoms with Crippen molar-refractivity contribution in [2.75, 3.05) is 13.2 Å². The Bertz CT molecular complexity index is 346. The molecule has 1 aliphatic heterocycles. The average molecular weight is 214 g/mol. The fraction of sp³-hybridized carbons (Fsp3) is 0.455. The average Bonchev–Trinajstić information content (AvgIpc) is 2.69. The Hall–Kier alpha value is -1.00. The standard InChI is InChI=1S/C11H12F2O2/c1-7(12)10-8(3-2-4-9(10)13)11-14-5-6-15-11/h2-4,7,11H,5-6H2,1H3. The summed E-state index contributed by atoms with van der Waals surface area (Å²) in [6.07, 6.45) is -2.00. The van der Waals surface area contributed by atoms with Gasteiger partial charge in [-0.25, -0.2) is 8.78 Å². The van der Waals surface area contributed by atoms with E-state index in [1.165, 1.54) is 19.1 Å². The highest BCUT2D eigenvalue weighted by Crippen LogP contribution is 2.32. The maximum atomic E-state index is 13.4. The maximum absolute atomic E-state index is 13.4. The van der Waals surface area contributed by atoms with Crippen molar-refractivity contribution < 1.29 is 18.3 Å². The van der Waals surface area contributed by atoms with Gasteiger partial charge in [-0.05, 0) is 13.0 Å². The van der Waals surface area contributed by atoms with E-state index in [1.807, 2.05) is 0 Å². The first kappa shape index (κ1) is 10.5. The van der Waals surface area contributed by atoms with Gasteiger partial charge in [0.25, 0.3) is 0 Å². The van der Waals surface area contributed by atoms with Crippen LogP contribution in [0.5, 0.6) is 0 Å². The molecule has 2 nitrogen and oxygen atoms in total. The summed E-state index contributed by atoms with van der Waals surface area (Å²) >= 11 is 0. The third kappa shape index (κ3) is 2.01. The molecule has 4 heteroatoms. The lowest BCUT2D eigenvalue weighted by Gasteiger charge is -2.15. The van der Waals surface area contributed by atoms with Crippen LogP contribution in [0.4, 0.5) is 8.78 Å². The van der Waals surface area contributed by atoms with E-state index < -0.39 is 18.3 Å². The number of benzene rings is 1. The van der Waals surface area contributed by atoms with Gasteiger partial charge >= 0.3 is 0 Å². The van der Waals surface area contributed by atoms with Gasteiger partial charge in [-0.15, -0.1) is 0 Å². The van der Waals surface area contributed by atoms with Crippen molar-refractivity contribution in [2.24, 2.45) is 0 Å². The molecule has 1 aromatic carbocycles. The van der Waals surface area contributed by atoms with E-state index in [-0.39, 0.29) is 5.56 Å². The molecule has 1 fully saturated rings. The monoisotopic (exact) mass is 214 g/mol. The lowest BCUT2D eigenvalue weighted by atomic mass is 10.0.